The van der Waals surface area contributed by atoms with Gasteiger partial charge in [-0.25, -0.2) is 0 Å². The lowest BCUT2D eigenvalue weighted by molar-refractivity contribution is -0.145. The van der Waals surface area contributed by atoms with E-state index in [9.17, 15) is 24.0 Å². The number of aryl methyl sites for hydroxylation is 3. The zero-order valence-corrected chi connectivity index (χ0v) is 62.6. The summed E-state index contributed by atoms with van der Waals surface area (Å²) < 4.78 is 29.0. The Labute approximate surface area is 622 Å². The largest absolute Gasteiger partial charge is 0.465 e. The van der Waals surface area contributed by atoms with Crippen LogP contribution in [0.3, 0.4) is 0 Å². The SMILES string of the molecule is CCN1C(=O)C(=Cc2ccc(N(C)C)cc2Cl)OC1=S.CCOC(=O)CN1C(=O)C(=Cc2ccc(-c3ccc(Cl)cc3Cl)o2)SC1=S.Cc1ccc(C=C2SC(=S)N(CNc3ccc(Cl)cc3C)C2=O)cc1.Cc1ccccc1-c1ccc(C=C2SC(=S)N(CC3CCCO3)C2=O)o1. The highest BCUT2D eigenvalue weighted by Gasteiger charge is 2.37. The van der Waals surface area contributed by atoms with Gasteiger partial charge < -0.3 is 33.3 Å². The Balaban J connectivity index is 0.000000154. The predicted molar refractivity (Wildman–Crippen MR) is 414 cm³/mol. The number of hydrogen-bond donors (Lipinski definition) is 1. The van der Waals surface area contributed by atoms with Crippen molar-refractivity contribution in [2.45, 2.75) is 53.6 Å². The number of hydrogen-bond acceptors (Lipinski definition) is 19. The fraction of sp³-hybridized carbons (Fsp3) is 0.225. The second-order valence-electron chi connectivity index (χ2n) is 22.2. The second kappa shape index (κ2) is 34.8. The molecule has 1 atom stereocenters. The molecule has 0 saturated carbocycles. The summed E-state index contributed by atoms with van der Waals surface area (Å²) in [4.78, 5) is 70.9. The maximum atomic E-state index is 12.7. The van der Waals surface area contributed by atoms with Gasteiger partial charge in [-0.1, -0.05) is 179 Å². The number of carbonyl (C=O) groups is 5. The smallest absolute Gasteiger partial charge is 0.326 e. The van der Waals surface area contributed by atoms with Crippen LogP contribution < -0.4 is 10.2 Å². The molecular formula is C71H64Cl4N6O10S7. The minimum atomic E-state index is -0.507. The van der Waals surface area contributed by atoms with Gasteiger partial charge in [-0.15, -0.1) is 0 Å². The molecule has 5 aromatic carbocycles. The van der Waals surface area contributed by atoms with Gasteiger partial charge in [0, 0.05) is 77.0 Å². The maximum absolute atomic E-state index is 12.7. The molecule has 27 heteroatoms. The first-order valence-electron chi connectivity index (χ1n) is 30.4. The standard InChI is InChI=1S/C20H19NO3S2.C19H17ClN2OS2.C18H13Cl2NO4S2.C14H15ClN2O2S/c1-13-5-2-3-7-16(13)17-9-8-14(24-17)11-18-19(22)21(20(25)26-18)12-15-6-4-10-23-15;1-12-3-5-14(6-4-12)10-17-18(23)22(19(24)25-17)11-21-16-8-7-15(20)9-13(16)2;1-2-24-16(22)9-21-17(23)15(27-18(21)26)8-11-4-6-14(25-11)12-5-3-10(19)7-13(12)20;1-4-17-13(18)12(19-14(17)20)7-9-5-6-10(16(2)3)8-11(9)15/h2-3,5,7-9,11,15H,4,6,10,12H2,1H3;3-10,21H,11H2,1-2H3;3-8H,2,9H2,1H3;5-8H,4H2,1-3H3. The number of benzene rings is 5. The van der Waals surface area contributed by atoms with Crippen LogP contribution in [-0.4, -0.2) is 127 Å². The van der Waals surface area contributed by atoms with E-state index in [4.69, 9.17) is 118 Å². The van der Waals surface area contributed by atoms with Crippen molar-refractivity contribution in [1.82, 2.24) is 19.6 Å². The summed E-state index contributed by atoms with van der Waals surface area (Å²) >= 11 is 49.0. The third-order valence-electron chi connectivity index (χ3n) is 15.0. The fourth-order valence-corrected chi connectivity index (χ4v) is 14.8. The molecule has 5 saturated heterocycles. The summed E-state index contributed by atoms with van der Waals surface area (Å²) in [6.07, 6.45) is 8.97. The Morgan fingerprint density at radius 3 is 1.83 bits per heavy atom. The first-order valence-corrected chi connectivity index (χ1v) is 36.0. The Hall–Kier alpha value is -7.10. The van der Waals surface area contributed by atoms with Crippen molar-refractivity contribution in [3.8, 4) is 22.6 Å². The number of thioether (sulfide) groups is 3. The number of amides is 4. The lowest BCUT2D eigenvalue weighted by Gasteiger charge is -2.18. The van der Waals surface area contributed by atoms with Gasteiger partial charge in [0.1, 0.15) is 42.5 Å². The summed E-state index contributed by atoms with van der Waals surface area (Å²) in [5.74, 6) is 1.43. The van der Waals surface area contributed by atoms with E-state index >= 15 is 0 Å². The molecule has 1 N–H and O–H groups in total. The summed E-state index contributed by atoms with van der Waals surface area (Å²) in [6.45, 7) is 11.8. The van der Waals surface area contributed by atoms with Gasteiger partial charge in [0.2, 0.25) is 0 Å². The molecule has 5 aliphatic heterocycles. The van der Waals surface area contributed by atoms with Gasteiger partial charge in [0.25, 0.3) is 28.8 Å². The van der Waals surface area contributed by atoms with Crippen LogP contribution in [0.15, 0.2) is 157 Å². The lowest BCUT2D eigenvalue weighted by atomic mass is 10.1. The molecule has 0 spiro atoms. The fourth-order valence-electron chi connectivity index (χ4n) is 9.83. The van der Waals surface area contributed by atoms with Crippen molar-refractivity contribution in [1.29, 1.82) is 0 Å². The van der Waals surface area contributed by atoms with Crippen LogP contribution in [0.25, 0.3) is 47.0 Å². The first-order chi connectivity index (χ1) is 46.9. The average molecular weight is 1530 g/mol. The summed E-state index contributed by atoms with van der Waals surface area (Å²) in [5, 5.41) is 5.67. The van der Waals surface area contributed by atoms with Crippen LogP contribution in [0, 0.1) is 20.8 Å². The number of furan rings is 2. The van der Waals surface area contributed by atoms with Gasteiger partial charge in [0.05, 0.1) is 45.7 Å². The minimum Gasteiger partial charge on any atom is -0.465 e. The van der Waals surface area contributed by atoms with Crippen LogP contribution in [0.4, 0.5) is 11.4 Å². The topological polar surface area (TPSA) is 168 Å². The highest BCUT2D eigenvalue weighted by Crippen LogP contribution is 2.39. The van der Waals surface area contributed by atoms with Crippen LogP contribution >= 0.6 is 131 Å². The first kappa shape index (κ1) is 75.1. The van der Waals surface area contributed by atoms with E-state index in [1.54, 1.807) is 65.3 Å². The van der Waals surface area contributed by atoms with E-state index in [0.717, 1.165) is 76.2 Å². The quantitative estimate of drug-likeness (QED) is 0.0550. The molecule has 0 bridgehead atoms. The number of rotatable bonds is 16. The molecule has 508 valence electrons. The van der Waals surface area contributed by atoms with E-state index in [1.807, 2.05) is 150 Å². The molecule has 0 radical (unpaired) electrons. The monoisotopic (exact) mass is 1520 g/mol. The van der Waals surface area contributed by atoms with E-state index < -0.39 is 5.97 Å². The highest BCUT2D eigenvalue weighted by molar-refractivity contribution is 8.27. The average Bonchev–Trinajstić information content (AvgIpc) is 1.68. The summed E-state index contributed by atoms with van der Waals surface area (Å²) in [7, 11) is 3.87. The van der Waals surface area contributed by atoms with Crippen molar-refractivity contribution in [3.63, 3.8) is 0 Å². The number of thiocarbonyl (C=S) groups is 4. The third kappa shape index (κ3) is 19.5. The van der Waals surface area contributed by atoms with Crippen LogP contribution in [0.2, 0.25) is 20.1 Å². The molecule has 5 aliphatic rings. The Bertz CT molecular complexity index is 4390. The van der Waals surface area contributed by atoms with Gasteiger partial charge in [-0.3, -0.25) is 43.6 Å². The van der Waals surface area contributed by atoms with Crippen LogP contribution in [0.5, 0.6) is 0 Å². The highest BCUT2D eigenvalue weighted by atomic mass is 35.5. The Morgan fingerprint density at radius 2 is 1.23 bits per heavy atom. The normalized spacial score (nSPS) is 17.6. The summed E-state index contributed by atoms with van der Waals surface area (Å²) in [5.41, 5.74) is 8.74. The number of esters is 1. The van der Waals surface area contributed by atoms with Gasteiger partial charge in [-0.2, -0.15) is 0 Å². The number of nitrogens with one attached hydrogen (secondary N) is 1. The maximum Gasteiger partial charge on any atom is 0.326 e. The lowest BCUT2D eigenvalue weighted by Crippen LogP contribution is -2.35. The second-order valence-corrected chi connectivity index (χ2v) is 29.2. The number of ether oxygens (including phenoxy) is 3. The zero-order valence-electron chi connectivity index (χ0n) is 53.9. The van der Waals surface area contributed by atoms with Gasteiger partial charge in [0.15, 0.2) is 5.76 Å². The minimum absolute atomic E-state index is 0.0654. The molecule has 7 aromatic rings. The number of nitrogens with zero attached hydrogens (tertiary/aromatic N) is 5. The molecule has 7 heterocycles. The number of halogens is 4. The molecule has 16 nitrogen and oxygen atoms in total. The van der Waals surface area contributed by atoms with Crippen molar-refractivity contribution in [2.24, 2.45) is 0 Å². The van der Waals surface area contributed by atoms with Crippen molar-refractivity contribution in [2.75, 3.05) is 63.8 Å². The zero-order chi connectivity index (χ0) is 70.5. The molecule has 4 amide bonds. The molecule has 0 aliphatic carbocycles. The molecule has 98 heavy (non-hydrogen) atoms. The number of likely N-dealkylation sites (N-methyl/N-ethyl adjacent to an activating group) is 1. The van der Waals surface area contributed by atoms with Gasteiger partial charge >= 0.3 is 5.97 Å². The molecule has 12 rings (SSSR count). The van der Waals surface area contributed by atoms with Crippen LogP contribution in [0.1, 0.15) is 66.0 Å². The molecular weight excluding hydrogens is 1460 g/mol. The van der Waals surface area contributed by atoms with Crippen molar-refractivity contribution < 1.29 is 47.0 Å². The van der Waals surface area contributed by atoms with E-state index in [0.29, 0.717) is 90.4 Å². The Kier molecular flexibility index (Phi) is 26.7. The van der Waals surface area contributed by atoms with E-state index in [2.05, 4.69) is 5.32 Å². The van der Waals surface area contributed by atoms with Crippen molar-refractivity contribution >= 4 is 214 Å². The number of carbonyl (C=O) groups excluding carboxylic acids is 5. The Morgan fingerprint density at radius 1 is 0.633 bits per heavy atom. The molecule has 2 aromatic heterocycles. The summed E-state index contributed by atoms with van der Waals surface area (Å²) in [6, 6.07) is 39.7. The van der Waals surface area contributed by atoms with E-state index in [1.165, 1.54) is 38.9 Å². The van der Waals surface area contributed by atoms with Crippen molar-refractivity contribution in [3.05, 3.63) is 207 Å². The molecule has 1 unspecified atom stereocenters. The number of anilines is 2. The predicted octanol–water partition coefficient (Wildman–Crippen LogP) is 17.8. The molecule has 5 fully saturated rings. The third-order valence-corrected chi connectivity index (χ3v) is 20.5. The van der Waals surface area contributed by atoms with Gasteiger partial charge in [-0.05, 0) is 167 Å². The van der Waals surface area contributed by atoms with Crippen LogP contribution in [-0.2, 0) is 38.2 Å². The van der Waals surface area contributed by atoms with E-state index in [-0.39, 0.29) is 53.8 Å².